The van der Waals surface area contributed by atoms with Gasteiger partial charge in [0.15, 0.2) is 5.69 Å². The van der Waals surface area contributed by atoms with Crippen LogP contribution in [0.1, 0.15) is 39.6 Å². The highest BCUT2D eigenvalue weighted by atomic mass is 16.5. The fraction of sp³-hybridized carbons (Fsp3) is 0.556. The Balaban J connectivity index is 1.48. The van der Waals surface area contributed by atoms with Gasteiger partial charge in [-0.25, -0.2) is 9.97 Å². The van der Waals surface area contributed by atoms with E-state index in [2.05, 4.69) is 20.2 Å². The van der Waals surface area contributed by atoms with E-state index in [-0.39, 0.29) is 11.8 Å². The van der Waals surface area contributed by atoms with Gasteiger partial charge in [0.2, 0.25) is 0 Å². The van der Waals surface area contributed by atoms with E-state index in [0.29, 0.717) is 32.0 Å². The number of H-pyrrole nitrogens is 1. The average molecular weight is 341 g/mol. The van der Waals surface area contributed by atoms with E-state index in [9.17, 15) is 4.79 Å². The largest absolute Gasteiger partial charge is 0.379 e. The fourth-order valence-electron chi connectivity index (χ4n) is 3.75. The van der Waals surface area contributed by atoms with Crippen LogP contribution in [0, 0.1) is 12.8 Å². The number of carbonyl (C=O) groups excluding carboxylic acids is 1. The van der Waals surface area contributed by atoms with Gasteiger partial charge in [0.05, 0.1) is 13.2 Å². The van der Waals surface area contributed by atoms with Gasteiger partial charge >= 0.3 is 0 Å². The number of carbonyl (C=O) groups is 1. The lowest BCUT2D eigenvalue weighted by molar-refractivity contribution is 0.0730. The number of aromatic amines is 1. The maximum absolute atomic E-state index is 13.0. The van der Waals surface area contributed by atoms with E-state index in [4.69, 9.17) is 4.74 Å². The Labute approximate surface area is 146 Å². The quantitative estimate of drug-likeness (QED) is 0.910. The molecule has 2 aromatic heterocycles. The van der Waals surface area contributed by atoms with Crippen molar-refractivity contribution >= 4 is 5.91 Å². The zero-order chi connectivity index (χ0) is 17.2. The molecule has 1 atom stereocenters. The molecule has 0 aromatic carbocycles. The number of fused-ring (bicyclic) bond motifs is 1. The highest BCUT2D eigenvalue weighted by molar-refractivity contribution is 5.94. The van der Waals surface area contributed by atoms with Gasteiger partial charge in [0.1, 0.15) is 6.33 Å². The summed E-state index contributed by atoms with van der Waals surface area (Å²) >= 11 is 0. The monoisotopic (exact) mass is 341 g/mol. The average Bonchev–Trinajstić information content (AvgIpc) is 3.13. The summed E-state index contributed by atoms with van der Waals surface area (Å²) in [6.45, 7) is 4.45. The molecule has 1 saturated heterocycles. The second-order valence-corrected chi connectivity index (χ2v) is 6.93. The summed E-state index contributed by atoms with van der Waals surface area (Å²) in [7, 11) is 0. The molecule has 132 valence electrons. The topological polar surface area (TPSA) is 84.0 Å². The lowest BCUT2D eigenvalue weighted by Gasteiger charge is -2.23. The Morgan fingerprint density at radius 2 is 2.32 bits per heavy atom. The standard InChI is InChI=1S/C18H23N5O2/c1-12-7-14(20-11-19-12)8-13-9-23(5-6-25-10-13)18(24)17-15-3-2-4-16(15)21-22-17/h7,11,13H,2-6,8-10H2,1H3,(H,21,22)/t13-/m0/s1. The Hall–Kier alpha value is -2.28. The number of nitrogens with one attached hydrogen (secondary N) is 1. The molecule has 0 spiro atoms. The minimum absolute atomic E-state index is 0.0220. The SMILES string of the molecule is Cc1cc(C[C@@H]2COCCN(C(=O)c3n[nH]c4c3CCC4)C2)ncn1. The minimum atomic E-state index is 0.0220. The lowest BCUT2D eigenvalue weighted by Crippen LogP contribution is -2.37. The van der Waals surface area contributed by atoms with Crippen molar-refractivity contribution in [3.63, 3.8) is 0 Å². The molecule has 4 rings (SSSR count). The second kappa shape index (κ2) is 6.92. The molecule has 25 heavy (non-hydrogen) atoms. The van der Waals surface area contributed by atoms with Crippen molar-refractivity contribution in [1.29, 1.82) is 0 Å². The predicted octanol–water partition coefficient (Wildman–Crippen LogP) is 1.33. The fourth-order valence-corrected chi connectivity index (χ4v) is 3.75. The number of ether oxygens (including phenoxy) is 1. The number of hydrogen-bond donors (Lipinski definition) is 1. The van der Waals surface area contributed by atoms with Crippen LogP contribution < -0.4 is 0 Å². The van der Waals surface area contributed by atoms with Gasteiger partial charge in [0, 0.05) is 41.7 Å². The Bertz CT molecular complexity index is 773. The maximum Gasteiger partial charge on any atom is 0.274 e. The smallest absolute Gasteiger partial charge is 0.274 e. The molecule has 2 aromatic rings. The van der Waals surface area contributed by atoms with Crippen molar-refractivity contribution in [2.24, 2.45) is 5.92 Å². The molecule has 2 aliphatic rings. The van der Waals surface area contributed by atoms with Crippen molar-refractivity contribution < 1.29 is 9.53 Å². The van der Waals surface area contributed by atoms with Crippen LogP contribution in [0.2, 0.25) is 0 Å². The summed E-state index contributed by atoms with van der Waals surface area (Å²) in [4.78, 5) is 23.4. The number of aromatic nitrogens is 4. The Morgan fingerprint density at radius 3 is 3.20 bits per heavy atom. The zero-order valence-corrected chi connectivity index (χ0v) is 14.5. The van der Waals surface area contributed by atoms with Crippen LogP contribution in [0.25, 0.3) is 0 Å². The number of rotatable bonds is 3. The normalized spacial score (nSPS) is 20.4. The molecule has 3 heterocycles. The van der Waals surface area contributed by atoms with Crippen LogP contribution in [0.5, 0.6) is 0 Å². The van der Waals surface area contributed by atoms with Gasteiger partial charge < -0.3 is 9.64 Å². The minimum Gasteiger partial charge on any atom is -0.379 e. The van der Waals surface area contributed by atoms with Gasteiger partial charge in [-0.2, -0.15) is 5.10 Å². The van der Waals surface area contributed by atoms with Crippen LogP contribution in [-0.4, -0.2) is 57.3 Å². The van der Waals surface area contributed by atoms with Gasteiger partial charge in [-0.3, -0.25) is 9.89 Å². The first kappa shape index (κ1) is 16.2. The molecule has 7 nitrogen and oxygen atoms in total. The van der Waals surface area contributed by atoms with Crippen molar-refractivity contribution in [2.45, 2.75) is 32.6 Å². The molecule has 0 radical (unpaired) electrons. The first-order valence-electron chi connectivity index (χ1n) is 8.91. The second-order valence-electron chi connectivity index (χ2n) is 6.93. The number of hydrogen-bond acceptors (Lipinski definition) is 5. The van der Waals surface area contributed by atoms with Crippen LogP contribution in [0.15, 0.2) is 12.4 Å². The molecular formula is C18H23N5O2. The van der Waals surface area contributed by atoms with Gasteiger partial charge in [-0.15, -0.1) is 0 Å². The predicted molar refractivity (Wildman–Crippen MR) is 91.3 cm³/mol. The van der Waals surface area contributed by atoms with Crippen molar-refractivity contribution in [3.05, 3.63) is 40.7 Å². The summed E-state index contributed by atoms with van der Waals surface area (Å²) in [5.74, 6) is 0.251. The number of amides is 1. The summed E-state index contributed by atoms with van der Waals surface area (Å²) < 4.78 is 5.73. The van der Waals surface area contributed by atoms with Crippen LogP contribution in [-0.2, 0) is 24.0 Å². The van der Waals surface area contributed by atoms with Crippen LogP contribution >= 0.6 is 0 Å². The summed E-state index contributed by atoms with van der Waals surface area (Å²) in [6, 6.07) is 2.00. The molecule has 1 amide bonds. The highest BCUT2D eigenvalue weighted by Gasteiger charge is 2.29. The van der Waals surface area contributed by atoms with E-state index in [1.165, 1.54) is 0 Å². The maximum atomic E-state index is 13.0. The highest BCUT2D eigenvalue weighted by Crippen LogP contribution is 2.24. The lowest BCUT2D eigenvalue weighted by atomic mass is 10.0. The van der Waals surface area contributed by atoms with E-state index in [0.717, 1.165) is 48.3 Å². The summed E-state index contributed by atoms with van der Waals surface area (Å²) in [5, 5.41) is 7.32. The number of aryl methyl sites for hydroxylation is 2. The zero-order valence-electron chi connectivity index (χ0n) is 14.5. The summed E-state index contributed by atoms with van der Waals surface area (Å²) in [6.07, 6.45) is 5.42. The first-order chi connectivity index (χ1) is 12.2. The van der Waals surface area contributed by atoms with Gasteiger partial charge in [-0.1, -0.05) is 0 Å². The Morgan fingerprint density at radius 1 is 1.40 bits per heavy atom. The summed E-state index contributed by atoms with van der Waals surface area (Å²) in [5.41, 5.74) is 4.79. The van der Waals surface area contributed by atoms with E-state index < -0.39 is 0 Å². The van der Waals surface area contributed by atoms with E-state index in [1.54, 1.807) is 6.33 Å². The molecular weight excluding hydrogens is 318 g/mol. The van der Waals surface area contributed by atoms with E-state index in [1.807, 2.05) is 17.9 Å². The van der Waals surface area contributed by atoms with Crippen molar-refractivity contribution in [1.82, 2.24) is 25.1 Å². The third kappa shape index (κ3) is 3.42. The first-order valence-corrected chi connectivity index (χ1v) is 8.91. The van der Waals surface area contributed by atoms with Crippen molar-refractivity contribution in [2.75, 3.05) is 26.3 Å². The van der Waals surface area contributed by atoms with E-state index >= 15 is 0 Å². The third-order valence-corrected chi connectivity index (χ3v) is 4.99. The molecule has 1 aliphatic carbocycles. The Kier molecular flexibility index (Phi) is 4.48. The van der Waals surface area contributed by atoms with Gasteiger partial charge in [-0.05, 0) is 38.7 Å². The third-order valence-electron chi connectivity index (χ3n) is 4.99. The number of nitrogens with zero attached hydrogens (tertiary/aromatic N) is 4. The molecule has 1 fully saturated rings. The molecule has 0 saturated carbocycles. The van der Waals surface area contributed by atoms with Crippen molar-refractivity contribution in [3.8, 4) is 0 Å². The molecule has 1 aliphatic heterocycles. The van der Waals surface area contributed by atoms with Crippen LogP contribution in [0.3, 0.4) is 0 Å². The van der Waals surface area contributed by atoms with Gasteiger partial charge in [0.25, 0.3) is 5.91 Å². The molecule has 1 N–H and O–H groups in total. The molecule has 0 bridgehead atoms. The molecule has 7 heteroatoms. The van der Waals surface area contributed by atoms with Crippen LogP contribution in [0.4, 0.5) is 0 Å². The molecule has 0 unspecified atom stereocenters.